The Morgan fingerprint density at radius 3 is 2.88 bits per heavy atom. The van der Waals surface area contributed by atoms with Crippen LogP contribution in [-0.2, 0) is 0 Å². The molecule has 0 spiro atoms. The standard InChI is InChI=1S/C17H24BrN5OS/c1-3-8-20-25-14-7-5-6-13(9-14)22-17-19-10-15(18)16(23-17)21-12(4-2)11-24/h5-7,9-10,12,20,24H,3-4,8,11H2,1-2H3,(H2,19,21,22,23). The smallest absolute Gasteiger partial charge is 0.229 e. The minimum absolute atomic E-state index is 0.0385. The molecule has 0 radical (unpaired) electrons. The van der Waals surface area contributed by atoms with Crippen molar-refractivity contribution in [1.29, 1.82) is 0 Å². The fraction of sp³-hybridized carbons (Fsp3) is 0.412. The predicted molar refractivity (Wildman–Crippen MR) is 108 cm³/mol. The molecular weight excluding hydrogens is 402 g/mol. The van der Waals surface area contributed by atoms with E-state index in [1.807, 2.05) is 19.1 Å². The third kappa shape index (κ3) is 6.47. The van der Waals surface area contributed by atoms with Crippen LogP contribution in [0, 0.1) is 0 Å². The number of benzene rings is 1. The molecule has 2 rings (SSSR count). The van der Waals surface area contributed by atoms with Crippen LogP contribution in [0.2, 0.25) is 0 Å². The van der Waals surface area contributed by atoms with Crippen molar-refractivity contribution in [2.45, 2.75) is 37.6 Å². The average Bonchev–Trinajstić information content (AvgIpc) is 2.63. The number of anilines is 3. The molecular formula is C17H24BrN5OS. The summed E-state index contributed by atoms with van der Waals surface area (Å²) in [6.45, 7) is 5.18. The third-order valence-corrected chi connectivity index (χ3v) is 4.85. The molecule has 1 atom stereocenters. The highest BCUT2D eigenvalue weighted by molar-refractivity contribution is 9.10. The van der Waals surface area contributed by atoms with Gasteiger partial charge in [0.05, 0.1) is 17.1 Å². The molecule has 0 amide bonds. The number of nitrogens with one attached hydrogen (secondary N) is 3. The molecule has 0 saturated heterocycles. The molecule has 0 aliphatic carbocycles. The first-order valence-corrected chi connectivity index (χ1v) is 9.93. The van der Waals surface area contributed by atoms with Crippen LogP contribution in [0.25, 0.3) is 0 Å². The summed E-state index contributed by atoms with van der Waals surface area (Å²) in [6.07, 6.45) is 3.60. The first-order valence-electron chi connectivity index (χ1n) is 8.33. The Morgan fingerprint density at radius 1 is 1.32 bits per heavy atom. The first kappa shape index (κ1) is 20.0. The highest BCUT2D eigenvalue weighted by atomic mass is 79.9. The van der Waals surface area contributed by atoms with Crippen LogP contribution in [0.15, 0.2) is 39.8 Å². The number of nitrogens with zero attached hydrogens (tertiary/aromatic N) is 2. The number of halogens is 1. The van der Waals surface area contributed by atoms with Gasteiger partial charge >= 0.3 is 0 Å². The molecule has 136 valence electrons. The monoisotopic (exact) mass is 425 g/mol. The van der Waals surface area contributed by atoms with Gasteiger partial charge in [0, 0.05) is 23.3 Å². The molecule has 1 unspecified atom stereocenters. The number of aliphatic hydroxyl groups excluding tert-OH is 1. The Morgan fingerprint density at radius 2 is 2.16 bits per heavy atom. The lowest BCUT2D eigenvalue weighted by atomic mass is 10.2. The van der Waals surface area contributed by atoms with E-state index < -0.39 is 0 Å². The molecule has 0 aliphatic heterocycles. The average molecular weight is 426 g/mol. The summed E-state index contributed by atoms with van der Waals surface area (Å²) in [5, 5.41) is 15.8. The summed E-state index contributed by atoms with van der Waals surface area (Å²) < 4.78 is 4.07. The Kier molecular flexibility index (Phi) is 8.47. The SMILES string of the molecule is CCCNSc1cccc(Nc2ncc(Br)c(NC(CC)CO)n2)c1. The molecule has 4 N–H and O–H groups in total. The molecule has 8 heteroatoms. The van der Waals surface area contributed by atoms with E-state index in [4.69, 9.17) is 0 Å². The van der Waals surface area contributed by atoms with Crippen molar-refractivity contribution in [2.75, 3.05) is 23.8 Å². The highest BCUT2D eigenvalue weighted by Gasteiger charge is 2.10. The van der Waals surface area contributed by atoms with E-state index in [9.17, 15) is 5.11 Å². The Labute approximate surface area is 161 Å². The minimum Gasteiger partial charge on any atom is -0.394 e. The van der Waals surface area contributed by atoms with Crippen molar-refractivity contribution in [3.05, 3.63) is 34.9 Å². The minimum atomic E-state index is -0.0385. The van der Waals surface area contributed by atoms with Gasteiger partial charge in [-0.1, -0.05) is 19.9 Å². The van der Waals surface area contributed by atoms with Gasteiger partial charge in [-0.05, 0) is 58.9 Å². The Hall–Kier alpha value is -1.35. The molecule has 0 aliphatic rings. The van der Waals surface area contributed by atoms with Crippen molar-refractivity contribution in [1.82, 2.24) is 14.7 Å². The van der Waals surface area contributed by atoms with Crippen LogP contribution in [0.3, 0.4) is 0 Å². The van der Waals surface area contributed by atoms with Gasteiger partial charge in [-0.25, -0.2) is 4.98 Å². The zero-order valence-electron chi connectivity index (χ0n) is 14.4. The second kappa shape index (κ2) is 10.6. The van der Waals surface area contributed by atoms with Gasteiger partial charge in [0.1, 0.15) is 5.82 Å². The van der Waals surface area contributed by atoms with Crippen molar-refractivity contribution in [3.63, 3.8) is 0 Å². The van der Waals surface area contributed by atoms with Crippen LogP contribution in [0.4, 0.5) is 17.5 Å². The van der Waals surface area contributed by atoms with Gasteiger partial charge in [-0.2, -0.15) is 4.98 Å². The first-order chi connectivity index (χ1) is 12.2. The largest absolute Gasteiger partial charge is 0.394 e. The van der Waals surface area contributed by atoms with E-state index in [0.717, 1.165) is 34.4 Å². The lowest BCUT2D eigenvalue weighted by Gasteiger charge is -2.16. The Balaban J connectivity index is 2.08. The molecule has 0 saturated carbocycles. The molecule has 0 fully saturated rings. The second-order valence-electron chi connectivity index (χ2n) is 5.47. The zero-order chi connectivity index (χ0) is 18.1. The van der Waals surface area contributed by atoms with E-state index in [0.29, 0.717) is 11.8 Å². The summed E-state index contributed by atoms with van der Waals surface area (Å²) in [5.41, 5.74) is 0.922. The number of aromatic nitrogens is 2. The van der Waals surface area contributed by atoms with Crippen molar-refractivity contribution < 1.29 is 5.11 Å². The molecule has 2 aromatic rings. The van der Waals surface area contributed by atoms with Crippen molar-refractivity contribution in [3.8, 4) is 0 Å². The maximum atomic E-state index is 9.36. The highest BCUT2D eigenvalue weighted by Crippen LogP contribution is 2.24. The van der Waals surface area contributed by atoms with E-state index in [-0.39, 0.29) is 12.6 Å². The summed E-state index contributed by atoms with van der Waals surface area (Å²) in [5.74, 6) is 1.16. The normalized spacial score (nSPS) is 12.0. The van der Waals surface area contributed by atoms with Crippen LogP contribution in [-0.4, -0.2) is 34.3 Å². The van der Waals surface area contributed by atoms with Gasteiger partial charge in [0.25, 0.3) is 0 Å². The molecule has 1 aromatic carbocycles. The van der Waals surface area contributed by atoms with E-state index >= 15 is 0 Å². The summed E-state index contributed by atoms with van der Waals surface area (Å²) in [6, 6.07) is 8.04. The van der Waals surface area contributed by atoms with Gasteiger partial charge in [0.2, 0.25) is 5.95 Å². The van der Waals surface area contributed by atoms with Gasteiger partial charge in [-0.15, -0.1) is 0 Å². The van der Waals surface area contributed by atoms with Crippen molar-refractivity contribution in [2.24, 2.45) is 0 Å². The lowest BCUT2D eigenvalue weighted by molar-refractivity contribution is 0.271. The van der Waals surface area contributed by atoms with E-state index in [1.54, 1.807) is 18.1 Å². The van der Waals surface area contributed by atoms with Crippen LogP contribution >= 0.6 is 27.9 Å². The number of hydrogen-bond donors (Lipinski definition) is 4. The third-order valence-electron chi connectivity index (χ3n) is 3.43. The lowest BCUT2D eigenvalue weighted by Crippen LogP contribution is -2.23. The quantitative estimate of drug-likeness (QED) is 0.335. The molecule has 0 bridgehead atoms. The summed E-state index contributed by atoms with van der Waals surface area (Å²) >= 11 is 5.05. The molecule has 1 aromatic heterocycles. The fourth-order valence-corrected chi connectivity index (χ4v) is 3.11. The Bertz CT molecular complexity index is 669. The zero-order valence-corrected chi connectivity index (χ0v) is 16.8. The topological polar surface area (TPSA) is 82.1 Å². The van der Waals surface area contributed by atoms with Gasteiger partial charge < -0.3 is 15.7 Å². The number of rotatable bonds is 10. The van der Waals surface area contributed by atoms with Gasteiger partial charge in [0.15, 0.2) is 0 Å². The second-order valence-corrected chi connectivity index (χ2v) is 7.29. The number of hydrogen-bond acceptors (Lipinski definition) is 7. The predicted octanol–water partition coefficient (Wildman–Crippen LogP) is 4.17. The fourth-order valence-electron chi connectivity index (χ4n) is 2.00. The summed E-state index contributed by atoms with van der Waals surface area (Å²) in [7, 11) is 0. The van der Waals surface area contributed by atoms with Crippen LogP contribution in [0.5, 0.6) is 0 Å². The molecule has 25 heavy (non-hydrogen) atoms. The maximum absolute atomic E-state index is 9.36. The van der Waals surface area contributed by atoms with E-state index in [1.165, 1.54) is 0 Å². The molecule has 1 heterocycles. The molecule has 6 nitrogen and oxygen atoms in total. The summed E-state index contributed by atoms with van der Waals surface area (Å²) in [4.78, 5) is 9.92. The maximum Gasteiger partial charge on any atom is 0.229 e. The van der Waals surface area contributed by atoms with E-state index in [2.05, 4.69) is 60.3 Å². The van der Waals surface area contributed by atoms with Gasteiger partial charge in [-0.3, -0.25) is 4.72 Å². The van der Waals surface area contributed by atoms with Crippen molar-refractivity contribution >= 4 is 45.3 Å². The van der Waals surface area contributed by atoms with Crippen LogP contribution < -0.4 is 15.4 Å². The number of aliphatic hydroxyl groups is 1. The van der Waals surface area contributed by atoms with Crippen LogP contribution in [0.1, 0.15) is 26.7 Å².